The van der Waals surface area contributed by atoms with Crippen molar-refractivity contribution in [3.8, 4) is 11.3 Å². The largest absolute Gasteiger partial charge is 0.352 e. The van der Waals surface area contributed by atoms with Gasteiger partial charge in [-0.15, -0.1) is 0 Å². The van der Waals surface area contributed by atoms with Gasteiger partial charge in [-0.3, -0.25) is 32.5 Å². The van der Waals surface area contributed by atoms with Gasteiger partial charge in [0.15, 0.2) is 11.4 Å². The number of benzene rings is 5. The average Bonchev–Trinajstić information content (AvgIpc) is 1.59. The van der Waals surface area contributed by atoms with Crippen molar-refractivity contribution in [2.75, 3.05) is 42.6 Å². The third-order valence-electron chi connectivity index (χ3n) is 22.0. The molecule has 0 radical (unpaired) electrons. The van der Waals surface area contributed by atoms with Crippen LogP contribution in [0.2, 0.25) is 5.02 Å². The van der Waals surface area contributed by atoms with Gasteiger partial charge in [-0.25, -0.2) is 0 Å². The molecule has 2 bridgehead atoms. The van der Waals surface area contributed by atoms with Gasteiger partial charge >= 0.3 is 0 Å². The lowest BCUT2D eigenvalue weighted by Gasteiger charge is -2.42. The van der Waals surface area contributed by atoms with Gasteiger partial charge < -0.3 is 20.9 Å². The highest BCUT2D eigenvalue weighted by Crippen LogP contribution is 2.62. The molecule has 11 rings (SSSR count). The molecule has 2 fully saturated rings. The van der Waals surface area contributed by atoms with E-state index in [-0.39, 0.29) is 64.4 Å². The number of hydrogen-bond acceptors (Lipinski definition) is 13. The first-order valence-corrected chi connectivity index (χ1v) is 42.0. The highest BCUT2D eigenvalue weighted by molar-refractivity contribution is 7.86. The zero-order valence-electron chi connectivity index (χ0n) is 60.2. The molecule has 0 saturated heterocycles. The highest BCUT2D eigenvalue weighted by Gasteiger charge is 2.60. The molecule has 1 unspecified atom stereocenters. The first kappa shape index (κ1) is 77.7. The van der Waals surface area contributed by atoms with Crippen molar-refractivity contribution in [1.82, 2.24) is 25.7 Å². The SMILES string of the molecule is Cc1cc(-c2cc(C(=O)NC3C(C)(C)[C@@H]4CC[C@@]3(C)C4)nn2Cc2ccc(CNCCCCCCNC(=O)c3ccc(C4=C(/C=C/C5=[N+](CCCS(=O)(=O)O)c6ccc(S(=O)(=O)O)cc6C5(C)C)CCC/C4=C\C=C4\N(CCCS(=O)(=O)O)c5ccc(S(=O)(=O)O)cc5C4(C)C)cc3)cc2)ccc1Cl. The fraction of sp³-hybridized carbons (Fsp3) is 0.436. The third kappa shape index (κ3) is 17.3. The van der Waals surface area contributed by atoms with Gasteiger partial charge in [0.05, 0.1) is 39.0 Å². The van der Waals surface area contributed by atoms with Crippen molar-refractivity contribution in [3.05, 3.63) is 200 Å². The number of halogens is 1. The van der Waals surface area contributed by atoms with Crippen LogP contribution >= 0.6 is 11.6 Å². The summed E-state index contributed by atoms with van der Waals surface area (Å²) < 4.78 is 141. The monoisotopic (exact) mass is 1520 g/mol. The number of aryl methyl sites for hydroxylation is 1. The number of nitrogens with one attached hydrogen (secondary N) is 3. The van der Waals surface area contributed by atoms with Crippen LogP contribution in [0.25, 0.3) is 16.8 Å². The summed E-state index contributed by atoms with van der Waals surface area (Å²) >= 11 is 6.45. The molecule has 6 aromatic rings. The molecule has 2 saturated carbocycles. The summed E-state index contributed by atoms with van der Waals surface area (Å²) in [6, 6.07) is 32.1. The first-order chi connectivity index (χ1) is 48.8. The molecular formula is C78H95ClN7O14S4+. The molecule has 5 aliphatic rings. The Morgan fingerprint density at radius 1 is 0.673 bits per heavy atom. The number of carbonyl (C=O) groups is 2. The highest BCUT2D eigenvalue weighted by atomic mass is 35.5. The van der Waals surface area contributed by atoms with Crippen molar-refractivity contribution in [3.63, 3.8) is 0 Å². The minimum atomic E-state index is -4.60. The molecule has 1 aromatic heterocycles. The Balaban J connectivity index is 0.755. The van der Waals surface area contributed by atoms with E-state index in [1.165, 1.54) is 30.7 Å². The summed E-state index contributed by atoms with van der Waals surface area (Å²) in [5, 5.41) is 15.7. The van der Waals surface area contributed by atoms with Crippen LogP contribution in [0.1, 0.15) is 180 Å². The van der Waals surface area contributed by atoms with Crippen molar-refractivity contribution in [2.24, 2.45) is 16.7 Å². The van der Waals surface area contributed by atoms with Gasteiger partial charge in [0.1, 0.15) is 6.54 Å². The minimum absolute atomic E-state index is 0.00618. The molecule has 3 heterocycles. The second-order valence-electron chi connectivity index (χ2n) is 30.5. The van der Waals surface area contributed by atoms with Crippen LogP contribution in [-0.2, 0) is 64.4 Å². The van der Waals surface area contributed by atoms with E-state index in [9.17, 15) is 61.5 Å². The molecule has 3 atom stereocenters. The predicted octanol–water partition coefficient (Wildman–Crippen LogP) is 13.8. The van der Waals surface area contributed by atoms with Crippen LogP contribution in [0.5, 0.6) is 0 Å². The lowest BCUT2D eigenvalue weighted by atomic mass is 9.68. The van der Waals surface area contributed by atoms with E-state index in [2.05, 4.69) is 61.0 Å². The molecule has 7 N–H and O–H groups in total. The van der Waals surface area contributed by atoms with Crippen LogP contribution in [0, 0.1) is 23.7 Å². The van der Waals surface area contributed by atoms with Crippen LogP contribution in [0.15, 0.2) is 160 Å². The Labute approximate surface area is 617 Å². The Morgan fingerprint density at radius 3 is 1.97 bits per heavy atom. The predicted molar refractivity (Wildman–Crippen MR) is 406 cm³/mol. The summed E-state index contributed by atoms with van der Waals surface area (Å²) in [6.07, 6.45) is 16.7. The number of fused-ring (bicyclic) bond motifs is 4. The molecule has 0 spiro atoms. The zero-order chi connectivity index (χ0) is 75.1. The van der Waals surface area contributed by atoms with Crippen molar-refractivity contribution in [2.45, 2.75) is 172 Å². The maximum absolute atomic E-state index is 14.0. The van der Waals surface area contributed by atoms with Crippen molar-refractivity contribution >= 4 is 86.5 Å². The van der Waals surface area contributed by atoms with Crippen LogP contribution in [0.4, 0.5) is 11.4 Å². The normalized spacial score (nSPS) is 20.7. The van der Waals surface area contributed by atoms with E-state index in [1.807, 2.05) is 109 Å². The molecule has 556 valence electrons. The molecule has 21 nitrogen and oxygen atoms in total. The van der Waals surface area contributed by atoms with Gasteiger partial charge in [-0.2, -0.15) is 43.3 Å². The molecule has 5 aromatic carbocycles. The number of nitrogens with zero attached hydrogens (tertiary/aromatic N) is 4. The number of carbonyl (C=O) groups excluding carboxylic acids is 2. The molecule has 3 aliphatic carbocycles. The summed E-state index contributed by atoms with van der Waals surface area (Å²) in [7, 11) is -17.9. The fourth-order valence-corrected chi connectivity index (χ4v) is 18.6. The summed E-state index contributed by atoms with van der Waals surface area (Å²) in [5.74, 6) is -0.843. The number of amides is 2. The Kier molecular flexibility index (Phi) is 22.7. The molecule has 26 heteroatoms. The quantitative estimate of drug-likeness (QED) is 0.0130. The van der Waals surface area contributed by atoms with E-state index in [0.29, 0.717) is 95.0 Å². The third-order valence-corrected chi connectivity index (χ3v) is 25.7. The number of aromatic nitrogens is 2. The standard InChI is InChI=1S/C78H94ClN7O14S4/c1-51-44-58(26-31-64(51)79)68-47-65(73(88)82-74-75(2,3)59-36-37-78(74,8)48-59)83-86(68)50-53-20-18-52(19-21-53)49-80-38-11-9-10-12-39-81-72(87)57-24-22-56(23-25-57)71-54(27-34-69-76(4,5)62-45-60(103(95,96)97)29-32-66(62)84(69)40-14-42-101(89,90)91)16-13-17-55(71)28-35-70-77(6,7)63-46-61(104(98,99)100)30-33-67(63)85(70)41-15-43-102(92,93)94/h18-35,44-47,59,74,80H,9-17,36-43,48-50H2,1-8H3,(H5-,81,82,87,88,89,90,91,92,93,94,95,96,97,98,99,100)/p+1/t59-,74?,78+/m1/s1. The smallest absolute Gasteiger partial charge is 0.294 e. The van der Waals surface area contributed by atoms with E-state index < -0.39 is 62.8 Å². The summed E-state index contributed by atoms with van der Waals surface area (Å²) in [5.41, 5.74) is 11.1. The molecule has 2 aliphatic heterocycles. The summed E-state index contributed by atoms with van der Waals surface area (Å²) in [4.78, 5) is 29.1. The van der Waals surface area contributed by atoms with Crippen LogP contribution < -0.4 is 20.9 Å². The van der Waals surface area contributed by atoms with Gasteiger partial charge in [0, 0.05) is 82.8 Å². The number of rotatable bonds is 29. The van der Waals surface area contributed by atoms with Gasteiger partial charge in [0.25, 0.3) is 52.3 Å². The van der Waals surface area contributed by atoms with Gasteiger partial charge in [-0.1, -0.05) is 114 Å². The second-order valence-corrected chi connectivity index (χ2v) is 36.8. The zero-order valence-corrected chi connectivity index (χ0v) is 64.2. The topological polar surface area (TPSA) is 312 Å². The van der Waals surface area contributed by atoms with Crippen molar-refractivity contribution < 1.29 is 66.0 Å². The number of allylic oxidation sites excluding steroid dienone is 8. The molecule has 104 heavy (non-hydrogen) atoms. The van der Waals surface area contributed by atoms with Crippen molar-refractivity contribution in [1.29, 1.82) is 0 Å². The maximum Gasteiger partial charge on any atom is 0.294 e. The minimum Gasteiger partial charge on any atom is -0.352 e. The van der Waals surface area contributed by atoms with Crippen LogP contribution in [0.3, 0.4) is 0 Å². The maximum atomic E-state index is 14.0. The first-order valence-electron chi connectivity index (χ1n) is 35.5. The lowest BCUT2D eigenvalue weighted by Crippen LogP contribution is -2.52. The molecule has 2 amide bonds. The second kappa shape index (κ2) is 30.4. The fourth-order valence-electron chi connectivity index (χ4n) is 16.5. The Morgan fingerprint density at radius 2 is 1.32 bits per heavy atom. The Hall–Kier alpha value is -7.43. The average molecular weight is 1520 g/mol. The van der Waals surface area contributed by atoms with E-state index in [4.69, 9.17) is 16.7 Å². The Bertz CT molecular complexity index is 4980. The van der Waals surface area contributed by atoms with Crippen LogP contribution in [-0.4, -0.2) is 127 Å². The number of unbranched alkanes of at least 4 members (excludes halogenated alkanes) is 3. The van der Waals surface area contributed by atoms with Gasteiger partial charge in [0.2, 0.25) is 5.69 Å². The van der Waals surface area contributed by atoms with E-state index in [1.54, 1.807) is 24.3 Å². The number of anilines is 1. The lowest BCUT2D eigenvalue weighted by molar-refractivity contribution is -0.437. The summed E-state index contributed by atoms with van der Waals surface area (Å²) in [6.45, 7) is 19.2. The number of hydrogen-bond donors (Lipinski definition) is 7. The van der Waals surface area contributed by atoms with Gasteiger partial charge in [-0.05, 0) is 213 Å². The molecular weight excluding hydrogens is 1420 g/mol. The van der Waals surface area contributed by atoms with E-state index >= 15 is 0 Å². The van der Waals surface area contributed by atoms with E-state index in [0.717, 1.165) is 95.3 Å².